The SMILES string of the molecule is CCCC/C=C\c1c(C=O)ccc2ccccc12. The maximum absolute atomic E-state index is 11.1. The van der Waals surface area contributed by atoms with Gasteiger partial charge in [0, 0.05) is 5.56 Å². The minimum absolute atomic E-state index is 0.765. The van der Waals surface area contributed by atoms with Crippen LogP contribution in [0.2, 0.25) is 0 Å². The van der Waals surface area contributed by atoms with Gasteiger partial charge in [0.25, 0.3) is 0 Å². The van der Waals surface area contributed by atoms with Gasteiger partial charge in [0.1, 0.15) is 0 Å². The second-order valence-electron chi connectivity index (χ2n) is 4.45. The zero-order valence-corrected chi connectivity index (χ0v) is 10.7. The quantitative estimate of drug-likeness (QED) is 0.537. The fourth-order valence-corrected chi connectivity index (χ4v) is 2.12. The average Bonchev–Trinajstić information content (AvgIpc) is 2.43. The summed E-state index contributed by atoms with van der Waals surface area (Å²) in [6.07, 6.45) is 8.64. The van der Waals surface area contributed by atoms with E-state index in [4.69, 9.17) is 0 Å². The first-order chi connectivity index (χ1) is 8.86. The second kappa shape index (κ2) is 6.15. The fourth-order valence-electron chi connectivity index (χ4n) is 2.12. The minimum Gasteiger partial charge on any atom is -0.298 e. The maximum Gasteiger partial charge on any atom is 0.150 e. The molecule has 0 saturated carbocycles. The number of allylic oxidation sites excluding steroid dienone is 1. The number of carbonyl (C=O) groups is 1. The van der Waals surface area contributed by atoms with Crippen molar-refractivity contribution in [3.05, 3.63) is 53.6 Å². The smallest absolute Gasteiger partial charge is 0.150 e. The first-order valence-corrected chi connectivity index (χ1v) is 6.50. The number of aldehydes is 1. The van der Waals surface area contributed by atoms with Crippen molar-refractivity contribution < 1.29 is 4.79 Å². The highest BCUT2D eigenvalue weighted by Gasteiger charge is 2.03. The van der Waals surface area contributed by atoms with Crippen LogP contribution in [-0.4, -0.2) is 6.29 Å². The molecule has 0 aliphatic rings. The van der Waals surface area contributed by atoms with Crippen LogP contribution in [0.5, 0.6) is 0 Å². The molecule has 0 N–H and O–H groups in total. The van der Waals surface area contributed by atoms with Gasteiger partial charge in [0.15, 0.2) is 6.29 Å². The van der Waals surface area contributed by atoms with Crippen molar-refractivity contribution in [3.63, 3.8) is 0 Å². The van der Waals surface area contributed by atoms with Crippen LogP contribution in [0.25, 0.3) is 16.8 Å². The van der Waals surface area contributed by atoms with Gasteiger partial charge in [-0.1, -0.05) is 68.3 Å². The standard InChI is InChI=1S/C17H18O/c1-2-3-4-5-9-17-15(13-18)12-11-14-8-6-7-10-16(14)17/h5-13H,2-4H2,1H3/b9-5-. The number of rotatable bonds is 5. The molecule has 0 saturated heterocycles. The first-order valence-electron chi connectivity index (χ1n) is 6.50. The summed E-state index contributed by atoms with van der Waals surface area (Å²) >= 11 is 0. The topological polar surface area (TPSA) is 17.1 Å². The molecule has 0 fully saturated rings. The Morgan fingerprint density at radius 3 is 2.72 bits per heavy atom. The van der Waals surface area contributed by atoms with E-state index in [1.54, 1.807) is 0 Å². The molecule has 1 nitrogen and oxygen atoms in total. The molecule has 92 valence electrons. The number of fused-ring (bicyclic) bond motifs is 1. The number of benzene rings is 2. The third-order valence-corrected chi connectivity index (χ3v) is 3.14. The molecule has 0 amide bonds. The van der Waals surface area contributed by atoms with E-state index in [0.29, 0.717) is 0 Å². The van der Waals surface area contributed by atoms with Crippen LogP contribution >= 0.6 is 0 Å². The molecular formula is C17H18O. The van der Waals surface area contributed by atoms with Crippen LogP contribution in [0.1, 0.15) is 42.1 Å². The molecule has 0 aromatic heterocycles. The third kappa shape index (κ3) is 2.67. The van der Waals surface area contributed by atoms with Crippen molar-refractivity contribution in [2.45, 2.75) is 26.2 Å². The summed E-state index contributed by atoms with van der Waals surface area (Å²) in [6, 6.07) is 12.1. The lowest BCUT2D eigenvalue weighted by Crippen LogP contribution is -1.88. The molecule has 1 heteroatoms. The highest BCUT2D eigenvalue weighted by atomic mass is 16.1. The van der Waals surface area contributed by atoms with Gasteiger partial charge in [-0.2, -0.15) is 0 Å². The first kappa shape index (κ1) is 12.6. The summed E-state index contributed by atoms with van der Waals surface area (Å²) in [4.78, 5) is 11.1. The Bertz CT molecular complexity index is 567. The van der Waals surface area contributed by atoms with Gasteiger partial charge in [0.05, 0.1) is 0 Å². The van der Waals surface area contributed by atoms with Crippen LogP contribution in [0.3, 0.4) is 0 Å². The monoisotopic (exact) mass is 238 g/mol. The van der Waals surface area contributed by atoms with E-state index in [1.165, 1.54) is 18.2 Å². The van der Waals surface area contributed by atoms with Gasteiger partial charge in [-0.05, 0) is 22.8 Å². The third-order valence-electron chi connectivity index (χ3n) is 3.14. The van der Waals surface area contributed by atoms with Crippen molar-refractivity contribution >= 4 is 23.1 Å². The van der Waals surface area contributed by atoms with Gasteiger partial charge < -0.3 is 0 Å². The lowest BCUT2D eigenvalue weighted by molar-refractivity contribution is 0.112. The molecule has 18 heavy (non-hydrogen) atoms. The second-order valence-corrected chi connectivity index (χ2v) is 4.45. The molecule has 0 heterocycles. The zero-order valence-electron chi connectivity index (χ0n) is 10.7. The molecule has 0 radical (unpaired) electrons. The molecule has 0 spiro atoms. The molecule has 0 atom stereocenters. The summed E-state index contributed by atoms with van der Waals surface area (Å²) in [6.45, 7) is 2.18. The lowest BCUT2D eigenvalue weighted by atomic mass is 9.99. The Balaban J connectivity index is 2.44. The highest BCUT2D eigenvalue weighted by molar-refractivity contribution is 5.98. The van der Waals surface area contributed by atoms with E-state index in [2.05, 4.69) is 31.2 Å². The lowest BCUT2D eigenvalue weighted by Gasteiger charge is -2.05. The minimum atomic E-state index is 0.765. The largest absolute Gasteiger partial charge is 0.298 e. The summed E-state index contributed by atoms with van der Waals surface area (Å²) < 4.78 is 0. The summed E-state index contributed by atoms with van der Waals surface area (Å²) in [5, 5.41) is 2.33. The van der Waals surface area contributed by atoms with Crippen molar-refractivity contribution in [2.75, 3.05) is 0 Å². The summed E-state index contributed by atoms with van der Waals surface area (Å²) in [5.74, 6) is 0. The van der Waals surface area contributed by atoms with Gasteiger partial charge >= 0.3 is 0 Å². The van der Waals surface area contributed by atoms with E-state index >= 15 is 0 Å². The van der Waals surface area contributed by atoms with Crippen LogP contribution in [0.15, 0.2) is 42.5 Å². The molecule has 0 aliphatic heterocycles. The van der Waals surface area contributed by atoms with Crippen molar-refractivity contribution in [2.24, 2.45) is 0 Å². The average molecular weight is 238 g/mol. The molecule has 2 aromatic rings. The Labute approximate surface area is 108 Å². The van der Waals surface area contributed by atoms with E-state index in [1.807, 2.05) is 24.3 Å². The molecular weight excluding hydrogens is 220 g/mol. The predicted molar refractivity (Wildman–Crippen MR) is 77.9 cm³/mol. The fraction of sp³-hybridized carbons (Fsp3) is 0.235. The predicted octanol–water partition coefficient (Wildman–Crippen LogP) is 4.86. The van der Waals surface area contributed by atoms with Crippen molar-refractivity contribution in [1.82, 2.24) is 0 Å². The number of hydrogen-bond donors (Lipinski definition) is 0. The van der Waals surface area contributed by atoms with E-state index < -0.39 is 0 Å². The number of unbranched alkanes of at least 4 members (excludes halogenated alkanes) is 2. The maximum atomic E-state index is 11.1. The van der Waals surface area contributed by atoms with E-state index in [0.717, 1.165) is 29.2 Å². The van der Waals surface area contributed by atoms with Crippen LogP contribution < -0.4 is 0 Å². The molecule has 0 aliphatic carbocycles. The van der Waals surface area contributed by atoms with Crippen LogP contribution in [-0.2, 0) is 0 Å². The van der Waals surface area contributed by atoms with Crippen molar-refractivity contribution in [1.29, 1.82) is 0 Å². The molecule has 0 bridgehead atoms. The zero-order chi connectivity index (χ0) is 12.8. The van der Waals surface area contributed by atoms with Crippen LogP contribution in [0.4, 0.5) is 0 Å². The number of carbonyl (C=O) groups excluding carboxylic acids is 1. The summed E-state index contributed by atoms with van der Waals surface area (Å²) in [5.41, 5.74) is 1.81. The number of hydrogen-bond acceptors (Lipinski definition) is 1. The Hall–Kier alpha value is -1.89. The van der Waals surface area contributed by atoms with Gasteiger partial charge in [0.2, 0.25) is 0 Å². The Kier molecular flexibility index (Phi) is 4.30. The Morgan fingerprint density at radius 2 is 1.94 bits per heavy atom. The van der Waals surface area contributed by atoms with E-state index in [-0.39, 0.29) is 0 Å². The van der Waals surface area contributed by atoms with Gasteiger partial charge in [-0.3, -0.25) is 4.79 Å². The van der Waals surface area contributed by atoms with E-state index in [9.17, 15) is 4.79 Å². The molecule has 0 unspecified atom stereocenters. The van der Waals surface area contributed by atoms with Crippen LogP contribution in [0, 0.1) is 0 Å². The normalized spacial score (nSPS) is 11.2. The summed E-state index contributed by atoms with van der Waals surface area (Å²) in [7, 11) is 0. The highest BCUT2D eigenvalue weighted by Crippen LogP contribution is 2.23. The molecule has 2 rings (SSSR count). The van der Waals surface area contributed by atoms with Gasteiger partial charge in [-0.25, -0.2) is 0 Å². The van der Waals surface area contributed by atoms with Gasteiger partial charge in [-0.15, -0.1) is 0 Å². The van der Waals surface area contributed by atoms with Crippen molar-refractivity contribution in [3.8, 4) is 0 Å². The molecule has 2 aromatic carbocycles. The Morgan fingerprint density at radius 1 is 1.11 bits per heavy atom.